The molecule has 0 fully saturated rings. The largest absolute Gasteiger partial charge is 0.495 e. The van der Waals surface area contributed by atoms with Gasteiger partial charge in [0.1, 0.15) is 17.1 Å². The van der Waals surface area contributed by atoms with Crippen LogP contribution >= 0.6 is 0 Å². The minimum absolute atomic E-state index is 0.0294. The van der Waals surface area contributed by atoms with Crippen LogP contribution in [0.1, 0.15) is 20.8 Å². The zero-order chi connectivity index (χ0) is 19.8. The summed E-state index contributed by atoms with van der Waals surface area (Å²) in [6, 6.07) is 11.2. The number of para-hydroxylation sites is 2. The van der Waals surface area contributed by atoms with Crippen LogP contribution in [0.2, 0.25) is 0 Å². The van der Waals surface area contributed by atoms with Crippen LogP contribution in [0.15, 0.2) is 47.4 Å². The van der Waals surface area contributed by atoms with Crippen molar-refractivity contribution in [3.8, 4) is 11.5 Å². The van der Waals surface area contributed by atoms with Crippen molar-refractivity contribution in [2.24, 2.45) is 0 Å². The number of ether oxygens (including phenoxy) is 2. The van der Waals surface area contributed by atoms with E-state index in [-0.39, 0.29) is 10.8 Å². The second-order valence-corrected chi connectivity index (χ2v) is 8.58. The molecule has 8 heteroatoms. The predicted molar refractivity (Wildman–Crippen MR) is 103 cm³/mol. The van der Waals surface area contributed by atoms with E-state index in [4.69, 9.17) is 9.47 Å². The Morgan fingerprint density at radius 1 is 1.22 bits per heavy atom. The molecule has 0 saturated carbocycles. The number of fused-ring (bicyclic) bond motifs is 1. The predicted octanol–water partition coefficient (Wildman–Crippen LogP) is 3.02. The minimum Gasteiger partial charge on any atom is -0.495 e. The summed E-state index contributed by atoms with van der Waals surface area (Å²) in [5.41, 5.74) is 0.206. The summed E-state index contributed by atoms with van der Waals surface area (Å²) in [5, 5.41) is 0. The van der Waals surface area contributed by atoms with Crippen LogP contribution in [-0.4, -0.2) is 33.6 Å². The van der Waals surface area contributed by atoms with Crippen molar-refractivity contribution in [2.45, 2.75) is 31.3 Å². The fraction of sp³-hybridized carbons (Fsp3) is 0.316. The molecule has 0 aliphatic carbocycles. The van der Waals surface area contributed by atoms with Gasteiger partial charge in [0.15, 0.2) is 0 Å². The molecule has 1 heterocycles. The number of hydrogen-bond donors (Lipinski definition) is 1. The van der Waals surface area contributed by atoms with Crippen molar-refractivity contribution in [2.75, 3.05) is 23.3 Å². The SMILES string of the molecule is COc1ccccc1NS(=O)(=O)c1ccc2c(c1)N(C(C)=O)CC(C)(C)O2. The number of benzene rings is 2. The van der Waals surface area contributed by atoms with E-state index in [1.54, 1.807) is 30.3 Å². The van der Waals surface area contributed by atoms with Gasteiger partial charge in [0, 0.05) is 6.92 Å². The van der Waals surface area contributed by atoms with Gasteiger partial charge in [-0.05, 0) is 44.2 Å². The molecule has 144 valence electrons. The Bertz CT molecular complexity index is 985. The van der Waals surface area contributed by atoms with Crippen LogP contribution in [0.25, 0.3) is 0 Å². The highest BCUT2D eigenvalue weighted by Gasteiger charge is 2.34. The van der Waals surface area contributed by atoms with E-state index in [0.29, 0.717) is 29.4 Å². The molecular formula is C19H22N2O5S. The van der Waals surface area contributed by atoms with E-state index in [1.165, 1.54) is 31.1 Å². The Morgan fingerprint density at radius 2 is 1.93 bits per heavy atom. The summed E-state index contributed by atoms with van der Waals surface area (Å²) in [4.78, 5) is 13.6. The lowest BCUT2D eigenvalue weighted by Gasteiger charge is -2.39. The van der Waals surface area contributed by atoms with Crippen LogP contribution < -0.4 is 19.1 Å². The van der Waals surface area contributed by atoms with Gasteiger partial charge in [0.2, 0.25) is 5.91 Å². The van der Waals surface area contributed by atoms with Gasteiger partial charge in [-0.2, -0.15) is 0 Å². The third-order valence-corrected chi connectivity index (χ3v) is 5.55. The van der Waals surface area contributed by atoms with Crippen molar-refractivity contribution in [3.05, 3.63) is 42.5 Å². The fourth-order valence-corrected chi connectivity index (χ4v) is 4.06. The Kier molecular flexibility index (Phi) is 4.77. The molecule has 0 aromatic heterocycles. The average Bonchev–Trinajstić information content (AvgIpc) is 2.60. The highest BCUT2D eigenvalue weighted by Crippen LogP contribution is 2.39. The molecule has 2 aromatic carbocycles. The van der Waals surface area contributed by atoms with Gasteiger partial charge in [-0.25, -0.2) is 8.42 Å². The van der Waals surface area contributed by atoms with Crippen molar-refractivity contribution in [3.63, 3.8) is 0 Å². The van der Waals surface area contributed by atoms with E-state index >= 15 is 0 Å². The van der Waals surface area contributed by atoms with Crippen LogP contribution in [0, 0.1) is 0 Å². The molecule has 0 atom stereocenters. The normalized spacial score (nSPS) is 15.5. The van der Waals surface area contributed by atoms with Gasteiger partial charge >= 0.3 is 0 Å². The minimum atomic E-state index is -3.88. The molecule has 7 nitrogen and oxygen atoms in total. The topological polar surface area (TPSA) is 84.9 Å². The second kappa shape index (κ2) is 6.77. The maximum absolute atomic E-state index is 12.8. The standard InChI is InChI=1S/C19H22N2O5S/c1-13(22)21-12-19(2,3)26-18-10-9-14(11-16(18)21)27(23,24)20-15-7-5-6-8-17(15)25-4/h5-11,20H,12H2,1-4H3. The molecule has 1 aliphatic heterocycles. The molecule has 0 unspecified atom stereocenters. The number of carbonyl (C=O) groups is 1. The number of nitrogens with one attached hydrogen (secondary N) is 1. The molecule has 3 rings (SSSR count). The van der Waals surface area contributed by atoms with Gasteiger partial charge in [0.05, 0.1) is 29.9 Å². The lowest BCUT2D eigenvalue weighted by Crippen LogP contribution is -2.48. The number of carbonyl (C=O) groups excluding carboxylic acids is 1. The van der Waals surface area contributed by atoms with Crippen molar-refractivity contribution < 1.29 is 22.7 Å². The first kappa shape index (κ1) is 19.0. The first-order valence-corrected chi connectivity index (χ1v) is 9.88. The van der Waals surface area contributed by atoms with Crippen molar-refractivity contribution >= 4 is 27.3 Å². The average molecular weight is 390 g/mol. The van der Waals surface area contributed by atoms with Crippen LogP contribution in [-0.2, 0) is 14.8 Å². The fourth-order valence-electron chi connectivity index (χ4n) is 2.97. The lowest BCUT2D eigenvalue weighted by atomic mass is 10.1. The van der Waals surface area contributed by atoms with Gasteiger partial charge in [-0.1, -0.05) is 12.1 Å². The first-order valence-electron chi connectivity index (χ1n) is 8.40. The van der Waals surface area contributed by atoms with Gasteiger partial charge in [-0.3, -0.25) is 9.52 Å². The molecule has 1 amide bonds. The van der Waals surface area contributed by atoms with Gasteiger partial charge < -0.3 is 14.4 Å². The monoisotopic (exact) mass is 390 g/mol. The third-order valence-electron chi connectivity index (χ3n) is 4.19. The Balaban J connectivity index is 2.01. The summed E-state index contributed by atoms with van der Waals surface area (Å²) in [6.07, 6.45) is 0. The molecule has 1 N–H and O–H groups in total. The molecule has 1 aliphatic rings. The van der Waals surface area contributed by atoms with Crippen LogP contribution in [0.3, 0.4) is 0 Å². The number of hydrogen-bond acceptors (Lipinski definition) is 5. The number of nitrogens with zero attached hydrogens (tertiary/aromatic N) is 1. The summed E-state index contributed by atoms with van der Waals surface area (Å²) in [6.45, 7) is 5.53. The zero-order valence-electron chi connectivity index (χ0n) is 15.6. The van der Waals surface area contributed by atoms with Gasteiger partial charge in [0.25, 0.3) is 10.0 Å². The summed E-state index contributed by atoms with van der Waals surface area (Å²) in [5.74, 6) is 0.701. The van der Waals surface area contributed by atoms with Gasteiger partial charge in [-0.15, -0.1) is 0 Å². The number of methoxy groups -OCH3 is 1. The molecule has 0 radical (unpaired) electrons. The molecule has 0 saturated heterocycles. The van der Waals surface area contributed by atoms with Crippen LogP contribution in [0.4, 0.5) is 11.4 Å². The molecule has 0 spiro atoms. The number of anilines is 2. The molecule has 2 aromatic rings. The maximum atomic E-state index is 12.8. The molecular weight excluding hydrogens is 368 g/mol. The quantitative estimate of drug-likeness (QED) is 0.867. The highest BCUT2D eigenvalue weighted by atomic mass is 32.2. The Morgan fingerprint density at radius 3 is 2.59 bits per heavy atom. The van der Waals surface area contributed by atoms with E-state index in [1.807, 2.05) is 13.8 Å². The maximum Gasteiger partial charge on any atom is 0.262 e. The van der Waals surface area contributed by atoms with Crippen LogP contribution in [0.5, 0.6) is 11.5 Å². The van der Waals surface area contributed by atoms with E-state index < -0.39 is 15.6 Å². The number of rotatable bonds is 4. The smallest absolute Gasteiger partial charge is 0.262 e. The van der Waals surface area contributed by atoms with Crippen molar-refractivity contribution in [1.29, 1.82) is 0 Å². The summed E-state index contributed by atoms with van der Waals surface area (Å²) in [7, 11) is -2.41. The van der Waals surface area contributed by atoms with E-state index in [0.717, 1.165) is 0 Å². The zero-order valence-corrected chi connectivity index (χ0v) is 16.5. The number of sulfonamides is 1. The lowest BCUT2D eigenvalue weighted by molar-refractivity contribution is -0.117. The Labute approximate surface area is 158 Å². The third kappa shape index (κ3) is 3.85. The van der Waals surface area contributed by atoms with Crippen molar-refractivity contribution in [1.82, 2.24) is 0 Å². The first-order chi connectivity index (χ1) is 12.6. The summed E-state index contributed by atoms with van der Waals surface area (Å²) >= 11 is 0. The molecule has 27 heavy (non-hydrogen) atoms. The second-order valence-electron chi connectivity index (χ2n) is 6.90. The van der Waals surface area contributed by atoms with E-state index in [2.05, 4.69) is 4.72 Å². The summed E-state index contributed by atoms with van der Waals surface area (Å²) < 4.78 is 39.3. The number of amides is 1. The molecule has 0 bridgehead atoms. The highest BCUT2D eigenvalue weighted by molar-refractivity contribution is 7.92. The van der Waals surface area contributed by atoms with E-state index in [9.17, 15) is 13.2 Å². The Hall–Kier alpha value is -2.74.